The molecule has 0 aliphatic rings. The fraction of sp³-hybridized carbons (Fsp3) is 0.217. The molecule has 6 heteroatoms. The highest BCUT2D eigenvalue weighted by atomic mass is 16.3. The van der Waals surface area contributed by atoms with Crippen molar-refractivity contribution in [1.82, 2.24) is 14.7 Å². The summed E-state index contributed by atoms with van der Waals surface area (Å²) in [4.78, 5) is 15.0. The third kappa shape index (κ3) is 4.16. The molecule has 148 valence electrons. The Balaban J connectivity index is 1.58. The third-order valence-corrected chi connectivity index (χ3v) is 4.98. The number of carbonyl (C=O) groups is 1. The van der Waals surface area contributed by atoms with Gasteiger partial charge in [-0.05, 0) is 50.2 Å². The summed E-state index contributed by atoms with van der Waals surface area (Å²) in [5.41, 5.74) is 3.76. The Bertz CT molecular complexity index is 1030. The van der Waals surface area contributed by atoms with Crippen molar-refractivity contribution in [2.24, 2.45) is 0 Å². The van der Waals surface area contributed by atoms with Crippen molar-refractivity contribution in [2.75, 3.05) is 0 Å². The van der Waals surface area contributed by atoms with Gasteiger partial charge in [0.05, 0.1) is 43.4 Å². The molecule has 0 aliphatic heterocycles. The predicted octanol–water partition coefficient (Wildman–Crippen LogP) is 4.45. The van der Waals surface area contributed by atoms with Gasteiger partial charge in [-0.15, -0.1) is 0 Å². The van der Waals surface area contributed by atoms with Crippen LogP contribution in [0.3, 0.4) is 0 Å². The first-order chi connectivity index (χ1) is 14.1. The van der Waals surface area contributed by atoms with E-state index >= 15 is 0 Å². The van der Waals surface area contributed by atoms with Gasteiger partial charge >= 0.3 is 0 Å². The van der Waals surface area contributed by atoms with Gasteiger partial charge in [-0.2, -0.15) is 5.10 Å². The molecule has 29 heavy (non-hydrogen) atoms. The number of hydrogen-bond donors (Lipinski definition) is 0. The quantitative estimate of drug-likeness (QED) is 0.468. The maximum atomic E-state index is 13.2. The van der Waals surface area contributed by atoms with Crippen molar-refractivity contribution in [3.8, 4) is 5.69 Å². The lowest BCUT2D eigenvalue weighted by atomic mass is 10.1. The molecule has 1 aromatic carbocycles. The van der Waals surface area contributed by atoms with Crippen LogP contribution < -0.4 is 0 Å². The van der Waals surface area contributed by atoms with Crippen LogP contribution in [-0.4, -0.2) is 20.6 Å². The summed E-state index contributed by atoms with van der Waals surface area (Å²) in [6.45, 7) is 4.71. The summed E-state index contributed by atoms with van der Waals surface area (Å²) >= 11 is 0. The highest BCUT2D eigenvalue weighted by Gasteiger charge is 2.22. The van der Waals surface area contributed by atoms with Crippen molar-refractivity contribution < 1.29 is 13.6 Å². The SMILES string of the molecule is Cc1nn(-c2ccccc2)c(C)c1CC(=O)N(Cc1ccco1)Cc1ccco1. The van der Waals surface area contributed by atoms with Crippen LogP contribution in [0.1, 0.15) is 28.5 Å². The van der Waals surface area contributed by atoms with Crippen molar-refractivity contribution in [3.63, 3.8) is 0 Å². The fourth-order valence-corrected chi connectivity index (χ4v) is 3.43. The van der Waals surface area contributed by atoms with Crippen LogP contribution in [0.15, 0.2) is 76.0 Å². The van der Waals surface area contributed by atoms with Crippen LogP contribution in [0.25, 0.3) is 5.69 Å². The molecule has 0 bridgehead atoms. The van der Waals surface area contributed by atoms with E-state index in [2.05, 4.69) is 5.10 Å². The van der Waals surface area contributed by atoms with Crippen LogP contribution in [0.2, 0.25) is 0 Å². The second-order valence-electron chi connectivity index (χ2n) is 6.98. The van der Waals surface area contributed by atoms with Crippen LogP contribution in [-0.2, 0) is 24.3 Å². The molecule has 0 saturated heterocycles. The largest absolute Gasteiger partial charge is 0.467 e. The molecule has 0 N–H and O–H groups in total. The highest BCUT2D eigenvalue weighted by Crippen LogP contribution is 2.20. The van der Waals surface area contributed by atoms with E-state index in [4.69, 9.17) is 8.83 Å². The normalized spacial score (nSPS) is 11.0. The lowest BCUT2D eigenvalue weighted by Crippen LogP contribution is -2.31. The van der Waals surface area contributed by atoms with Gasteiger partial charge in [0.15, 0.2) is 0 Å². The van der Waals surface area contributed by atoms with Crippen LogP contribution in [0, 0.1) is 13.8 Å². The van der Waals surface area contributed by atoms with E-state index < -0.39 is 0 Å². The number of para-hydroxylation sites is 1. The zero-order valence-electron chi connectivity index (χ0n) is 16.5. The highest BCUT2D eigenvalue weighted by molar-refractivity contribution is 5.79. The second kappa shape index (κ2) is 8.22. The Labute approximate surface area is 169 Å². The summed E-state index contributed by atoms with van der Waals surface area (Å²) in [6, 6.07) is 17.3. The Hall–Kier alpha value is -3.54. The van der Waals surface area contributed by atoms with Crippen LogP contribution in [0.4, 0.5) is 0 Å². The van der Waals surface area contributed by atoms with E-state index in [1.807, 2.05) is 73.1 Å². The number of furan rings is 2. The topological polar surface area (TPSA) is 64.4 Å². The summed E-state index contributed by atoms with van der Waals surface area (Å²) in [6.07, 6.45) is 3.50. The maximum absolute atomic E-state index is 13.2. The molecule has 1 amide bonds. The third-order valence-electron chi connectivity index (χ3n) is 4.98. The first kappa shape index (κ1) is 18.8. The number of benzene rings is 1. The Morgan fingerprint density at radius 1 is 0.931 bits per heavy atom. The maximum Gasteiger partial charge on any atom is 0.227 e. The number of aryl methyl sites for hydroxylation is 1. The zero-order valence-corrected chi connectivity index (χ0v) is 16.5. The molecule has 3 heterocycles. The molecule has 0 saturated carbocycles. The van der Waals surface area contributed by atoms with Crippen molar-refractivity contribution in [2.45, 2.75) is 33.4 Å². The molecule has 0 radical (unpaired) electrons. The van der Waals surface area contributed by atoms with E-state index in [9.17, 15) is 4.79 Å². The Morgan fingerprint density at radius 3 is 2.10 bits per heavy atom. The van der Waals surface area contributed by atoms with Gasteiger partial charge in [0.1, 0.15) is 11.5 Å². The number of rotatable bonds is 7. The average molecular weight is 389 g/mol. The molecule has 6 nitrogen and oxygen atoms in total. The second-order valence-corrected chi connectivity index (χ2v) is 6.98. The molecule has 4 rings (SSSR count). The van der Waals surface area contributed by atoms with Gasteiger partial charge in [-0.25, -0.2) is 4.68 Å². The molecule has 0 atom stereocenters. The van der Waals surface area contributed by atoms with Crippen molar-refractivity contribution in [3.05, 3.63) is 95.6 Å². The molecule has 0 spiro atoms. The molecular formula is C23H23N3O3. The standard InChI is InChI=1S/C23H23N3O3/c1-17-22(18(2)26(24-17)19-8-4-3-5-9-19)14-23(27)25(15-20-10-6-12-28-20)16-21-11-7-13-29-21/h3-13H,14-16H2,1-2H3. The van der Waals surface area contributed by atoms with Gasteiger partial charge in [0, 0.05) is 11.3 Å². The van der Waals surface area contributed by atoms with Gasteiger partial charge in [0.2, 0.25) is 5.91 Å². The number of amides is 1. The molecular weight excluding hydrogens is 366 g/mol. The fourth-order valence-electron chi connectivity index (χ4n) is 3.43. The van der Waals surface area contributed by atoms with Gasteiger partial charge in [-0.3, -0.25) is 4.79 Å². The Kier molecular flexibility index (Phi) is 5.33. The molecule has 4 aromatic rings. The minimum Gasteiger partial charge on any atom is -0.467 e. The average Bonchev–Trinajstić information content (AvgIpc) is 3.48. The Morgan fingerprint density at radius 2 is 1.55 bits per heavy atom. The van der Waals surface area contributed by atoms with Crippen LogP contribution in [0.5, 0.6) is 0 Å². The lowest BCUT2D eigenvalue weighted by Gasteiger charge is -2.21. The van der Waals surface area contributed by atoms with E-state index in [0.29, 0.717) is 13.1 Å². The smallest absolute Gasteiger partial charge is 0.227 e. The van der Waals surface area contributed by atoms with Crippen molar-refractivity contribution >= 4 is 5.91 Å². The molecule has 3 aromatic heterocycles. The van der Waals surface area contributed by atoms with E-state index in [1.54, 1.807) is 17.4 Å². The number of hydrogen-bond acceptors (Lipinski definition) is 4. The molecule has 0 unspecified atom stereocenters. The van der Waals surface area contributed by atoms with Crippen molar-refractivity contribution in [1.29, 1.82) is 0 Å². The van der Waals surface area contributed by atoms with E-state index in [-0.39, 0.29) is 12.3 Å². The number of nitrogens with zero attached hydrogens (tertiary/aromatic N) is 3. The van der Waals surface area contributed by atoms with Gasteiger partial charge in [0.25, 0.3) is 0 Å². The van der Waals surface area contributed by atoms with E-state index in [1.165, 1.54) is 0 Å². The first-order valence-corrected chi connectivity index (χ1v) is 9.55. The van der Waals surface area contributed by atoms with Crippen LogP contribution >= 0.6 is 0 Å². The summed E-state index contributed by atoms with van der Waals surface area (Å²) in [7, 11) is 0. The summed E-state index contributed by atoms with van der Waals surface area (Å²) in [5.74, 6) is 1.47. The van der Waals surface area contributed by atoms with E-state index in [0.717, 1.165) is 34.2 Å². The summed E-state index contributed by atoms with van der Waals surface area (Å²) in [5, 5.41) is 4.65. The molecule has 0 aliphatic carbocycles. The number of aromatic nitrogens is 2. The lowest BCUT2D eigenvalue weighted by molar-refractivity contribution is -0.132. The first-order valence-electron chi connectivity index (χ1n) is 9.55. The molecule has 0 fully saturated rings. The predicted molar refractivity (Wildman–Crippen MR) is 108 cm³/mol. The minimum atomic E-state index is -0.00314. The monoisotopic (exact) mass is 389 g/mol. The summed E-state index contributed by atoms with van der Waals surface area (Å²) < 4.78 is 12.8. The van der Waals surface area contributed by atoms with Gasteiger partial charge < -0.3 is 13.7 Å². The number of carbonyl (C=O) groups excluding carboxylic acids is 1. The zero-order chi connectivity index (χ0) is 20.2. The minimum absolute atomic E-state index is 0.00314. The van der Waals surface area contributed by atoms with Gasteiger partial charge in [-0.1, -0.05) is 18.2 Å².